The average molecular weight is 618 g/mol. The topological polar surface area (TPSA) is 96.7 Å². The molecule has 2 aromatic carbocycles. The van der Waals surface area contributed by atoms with Crippen molar-refractivity contribution >= 4 is 54.7 Å². The number of hydrogen-bond acceptors (Lipinski definition) is 6. The van der Waals surface area contributed by atoms with Crippen LogP contribution >= 0.6 is 28.1 Å². The van der Waals surface area contributed by atoms with Crippen LogP contribution in [0.1, 0.15) is 23.5 Å². The second-order valence-corrected chi connectivity index (χ2v) is 11.6. The Kier molecular flexibility index (Phi) is 7.12. The van der Waals surface area contributed by atoms with E-state index in [1.54, 1.807) is 48.7 Å². The number of nitrogens with zero attached hydrogens (tertiary/aromatic N) is 2. The van der Waals surface area contributed by atoms with Crippen LogP contribution in [0, 0.1) is 5.82 Å². The zero-order valence-electron chi connectivity index (χ0n) is 20.2. The van der Waals surface area contributed by atoms with Gasteiger partial charge in [0.25, 0.3) is 0 Å². The molecule has 4 aromatic rings. The molecule has 5 rings (SSSR count). The molecule has 38 heavy (non-hydrogen) atoms. The third-order valence-corrected chi connectivity index (χ3v) is 7.37. The van der Waals surface area contributed by atoms with Crippen LogP contribution in [-0.2, 0) is 10.0 Å². The largest absolute Gasteiger partial charge is 0.494 e. The van der Waals surface area contributed by atoms with Crippen LogP contribution in [0.4, 0.5) is 15.8 Å². The summed E-state index contributed by atoms with van der Waals surface area (Å²) in [5.74, 6) is 0.792. The Bertz CT molecular complexity index is 1610. The van der Waals surface area contributed by atoms with Crippen molar-refractivity contribution < 1.29 is 22.0 Å². The second kappa shape index (κ2) is 10.4. The summed E-state index contributed by atoms with van der Waals surface area (Å²) in [5.41, 5.74) is 1.99. The fourth-order valence-corrected chi connectivity index (χ4v) is 5.63. The van der Waals surface area contributed by atoms with Crippen LogP contribution in [0.15, 0.2) is 81.8 Å². The number of sulfonamides is 1. The van der Waals surface area contributed by atoms with Gasteiger partial charge in [-0.05, 0) is 66.8 Å². The van der Waals surface area contributed by atoms with Gasteiger partial charge in [-0.25, -0.2) is 12.8 Å². The Morgan fingerprint density at radius 2 is 1.97 bits per heavy atom. The second-order valence-electron chi connectivity index (χ2n) is 8.58. The molecule has 0 saturated carbocycles. The number of hydrogen-bond donors (Lipinski definition) is 2. The van der Waals surface area contributed by atoms with Gasteiger partial charge in [0.15, 0.2) is 5.11 Å². The van der Waals surface area contributed by atoms with Gasteiger partial charge in [-0.1, -0.05) is 22.0 Å². The molecule has 12 heteroatoms. The maximum Gasteiger partial charge on any atom is 0.229 e. The molecule has 0 bridgehead atoms. The predicted molar refractivity (Wildman–Crippen MR) is 151 cm³/mol. The highest BCUT2D eigenvalue weighted by atomic mass is 79.9. The van der Waals surface area contributed by atoms with E-state index in [-0.39, 0.29) is 0 Å². The standard InChI is InChI=1S/C26H22BrFN4O4S2/c1-35-23-14-16(7-9-19(23)31-38(2,33)34)32-25(24(30-26(32)37)20-5-3-4-12-29-20)22-11-10-21(36-22)17-8-6-15(27)13-18(17)28/h3-14,24-25,31H,1-2H3,(H,30,37)/t24-,25+/m1/s1. The Hall–Kier alpha value is -3.48. The van der Waals surface area contributed by atoms with E-state index < -0.39 is 27.9 Å². The van der Waals surface area contributed by atoms with Gasteiger partial charge in [0.2, 0.25) is 10.0 Å². The van der Waals surface area contributed by atoms with Crippen LogP contribution in [0.2, 0.25) is 0 Å². The summed E-state index contributed by atoms with van der Waals surface area (Å²) in [6.45, 7) is 0. The lowest BCUT2D eigenvalue weighted by Gasteiger charge is -2.27. The molecule has 1 saturated heterocycles. The Balaban J connectivity index is 1.60. The summed E-state index contributed by atoms with van der Waals surface area (Å²) in [5, 5.41) is 3.73. The first-order valence-electron chi connectivity index (χ1n) is 11.4. The number of halogens is 2. The number of ether oxygens (including phenoxy) is 1. The minimum absolute atomic E-state index is 0.292. The molecule has 0 unspecified atom stereocenters. The van der Waals surface area contributed by atoms with Gasteiger partial charge in [-0.2, -0.15) is 0 Å². The number of thiocarbonyl (C=S) groups is 1. The van der Waals surface area contributed by atoms with Crippen LogP contribution in [0.25, 0.3) is 11.3 Å². The van der Waals surface area contributed by atoms with Crippen molar-refractivity contribution in [2.24, 2.45) is 0 Å². The Labute approximate surface area is 233 Å². The molecule has 2 N–H and O–H groups in total. The molecule has 2 aromatic heterocycles. The van der Waals surface area contributed by atoms with E-state index in [1.807, 2.05) is 23.1 Å². The molecular formula is C26H22BrFN4O4S2. The number of anilines is 2. The SMILES string of the molecule is COc1cc(N2C(=S)N[C@H](c3ccccn3)[C@@H]2c2ccc(-c3ccc(Br)cc3F)o2)ccc1NS(C)(=O)=O. The van der Waals surface area contributed by atoms with Crippen LogP contribution in [0.3, 0.4) is 0 Å². The van der Waals surface area contributed by atoms with Crippen molar-refractivity contribution in [3.8, 4) is 17.1 Å². The maximum absolute atomic E-state index is 14.7. The van der Waals surface area contributed by atoms with Crippen molar-refractivity contribution in [1.29, 1.82) is 0 Å². The first-order chi connectivity index (χ1) is 18.1. The highest BCUT2D eigenvalue weighted by Crippen LogP contribution is 2.44. The van der Waals surface area contributed by atoms with Gasteiger partial charge in [0.1, 0.15) is 29.1 Å². The van der Waals surface area contributed by atoms with Crippen LogP contribution in [-0.4, -0.2) is 31.9 Å². The number of aromatic nitrogens is 1. The number of furan rings is 1. The number of rotatable bonds is 7. The Morgan fingerprint density at radius 1 is 1.16 bits per heavy atom. The molecule has 1 fully saturated rings. The summed E-state index contributed by atoms with van der Waals surface area (Å²) in [6.07, 6.45) is 2.76. The zero-order valence-corrected chi connectivity index (χ0v) is 23.4. The molecule has 0 amide bonds. The van der Waals surface area contributed by atoms with E-state index in [4.69, 9.17) is 21.4 Å². The fraction of sp³-hybridized carbons (Fsp3) is 0.154. The molecule has 0 radical (unpaired) electrons. The highest BCUT2D eigenvalue weighted by molar-refractivity contribution is 9.10. The van der Waals surface area contributed by atoms with E-state index in [9.17, 15) is 12.8 Å². The quantitative estimate of drug-likeness (QED) is 0.251. The summed E-state index contributed by atoms with van der Waals surface area (Å²) in [7, 11) is -2.07. The minimum Gasteiger partial charge on any atom is -0.494 e. The number of benzene rings is 2. The Morgan fingerprint density at radius 3 is 2.66 bits per heavy atom. The van der Waals surface area contributed by atoms with Gasteiger partial charge >= 0.3 is 0 Å². The van der Waals surface area contributed by atoms with Crippen LogP contribution in [0.5, 0.6) is 5.75 Å². The van der Waals surface area contributed by atoms with Gasteiger partial charge in [0, 0.05) is 22.4 Å². The fourth-order valence-electron chi connectivity index (χ4n) is 4.38. The average Bonchev–Trinajstić information content (AvgIpc) is 3.48. The van der Waals surface area contributed by atoms with Crippen molar-refractivity contribution in [3.63, 3.8) is 0 Å². The lowest BCUT2D eigenvalue weighted by molar-refractivity contribution is 0.416. The molecule has 196 valence electrons. The van der Waals surface area contributed by atoms with Gasteiger partial charge in [-0.15, -0.1) is 0 Å². The molecule has 1 aliphatic rings. The van der Waals surface area contributed by atoms with E-state index in [1.165, 1.54) is 13.2 Å². The van der Waals surface area contributed by atoms with E-state index >= 15 is 0 Å². The molecule has 8 nitrogen and oxygen atoms in total. The minimum atomic E-state index is -3.52. The van der Waals surface area contributed by atoms with Crippen molar-refractivity contribution in [2.45, 2.75) is 12.1 Å². The lowest BCUT2D eigenvalue weighted by Crippen LogP contribution is -2.29. The van der Waals surface area contributed by atoms with E-state index in [0.717, 1.165) is 11.9 Å². The molecule has 1 aliphatic heterocycles. The molecule has 0 spiro atoms. The zero-order chi connectivity index (χ0) is 27.0. The summed E-state index contributed by atoms with van der Waals surface area (Å²) < 4.78 is 53.1. The first-order valence-corrected chi connectivity index (χ1v) is 14.5. The number of nitrogens with one attached hydrogen (secondary N) is 2. The molecule has 0 aliphatic carbocycles. The van der Waals surface area contributed by atoms with E-state index in [0.29, 0.717) is 43.8 Å². The van der Waals surface area contributed by atoms with Gasteiger partial charge in [0.05, 0.1) is 36.4 Å². The lowest BCUT2D eigenvalue weighted by atomic mass is 10.0. The first kappa shape index (κ1) is 26.1. The van der Waals surface area contributed by atoms with Crippen molar-refractivity contribution in [1.82, 2.24) is 10.3 Å². The smallest absolute Gasteiger partial charge is 0.229 e. The summed E-state index contributed by atoms with van der Waals surface area (Å²) >= 11 is 9.02. The molecule has 3 heterocycles. The number of methoxy groups -OCH3 is 1. The van der Waals surface area contributed by atoms with Crippen molar-refractivity contribution in [2.75, 3.05) is 23.0 Å². The third kappa shape index (κ3) is 5.24. The molecule has 2 atom stereocenters. The predicted octanol–water partition coefficient (Wildman–Crippen LogP) is 5.80. The van der Waals surface area contributed by atoms with E-state index in [2.05, 4.69) is 31.0 Å². The van der Waals surface area contributed by atoms with Gasteiger partial charge in [-0.3, -0.25) is 9.71 Å². The monoisotopic (exact) mass is 616 g/mol. The normalized spacial score (nSPS) is 17.4. The third-order valence-electron chi connectivity index (χ3n) is 5.97. The highest BCUT2D eigenvalue weighted by Gasteiger charge is 2.43. The number of pyridine rings is 1. The molecular weight excluding hydrogens is 595 g/mol. The summed E-state index contributed by atoms with van der Waals surface area (Å²) in [6, 6.07) is 18.0. The maximum atomic E-state index is 14.7. The van der Waals surface area contributed by atoms with Crippen LogP contribution < -0.4 is 19.7 Å². The van der Waals surface area contributed by atoms with Gasteiger partial charge < -0.3 is 19.4 Å². The summed E-state index contributed by atoms with van der Waals surface area (Å²) in [4.78, 5) is 6.37. The van der Waals surface area contributed by atoms with Crippen molar-refractivity contribution in [3.05, 3.63) is 94.7 Å².